The fourth-order valence-corrected chi connectivity index (χ4v) is 4.48. The van der Waals surface area contributed by atoms with Gasteiger partial charge in [0.25, 0.3) is 0 Å². The summed E-state index contributed by atoms with van der Waals surface area (Å²) in [6.45, 7) is 4.35. The van der Waals surface area contributed by atoms with Crippen molar-refractivity contribution in [2.45, 2.75) is 25.1 Å². The Hall–Kier alpha value is -1.12. The van der Waals surface area contributed by atoms with Crippen molar-refractivity contribution in [1.82, 2.24) is 0 Å². The van der Waals surface area contributed by atoms with Crippen molar-refractivity contribution in [3.63, 3.8) is 0 Å². The summed E-state index contributed by atoms with van der Waals surface area (Å²) < 4.78 is 1.37. The van der Waals surface area contributed by atoms with Crippen molar-refractivity contribution in [1.29, 1.82) is 0 Å². The van der Waals surface area contributed by atoms with Gasteiger partial charge in [-0.2, -0.15) is 0 Å². The lowest BCUT2D eigenvalue weighted by Crippen LogP contribution is -1.97. The number of rotatable bonds is 3. The normalized spacial score (nSPS) is 12.8. The summed E-state index contributed by atoms with van der Waals surface area (Å²) in [6, 6.07) is 15.3. The first-order valence-corrected chi connectivity index (χ1v) is 8.61. The standard InChI is InChI=1S/C18H17BrS/c1-12-7-8-13(2)14(9-12)10-17(19)16-11-20-18-6-4-3-5-15(16)18/h3-9,11,17H,10H2,1-2H3. The van der Waals surface area contributed by atoms with Crippen molar-refractivity contribution in [3.05, 3.63) is 70.1 Å². The predicted octanol–water partition coefficient (Wildman–Crippen LogP) is 6.20. The summed E-state index contributed by atoms with van der Waals surface area (Å²) in [6.07, 6.45) is 1.04. The number of benzene rings is 2. The molecule has 0 nitrogen and oxygen atoms in total. The van der Waals surface area contributed by atoms with Gasteiger partial charge in [0.05, 0.1) is 0 Å². The minimum atomic E-state index is 0.374. The third-order valence-corrected chi connectivity index (χ3v) is 5.55. The molecular formula is C18H17BrS. The third kappa shape index (κ3) is 2.68. The molecule has 3 aromatic rings. The summed E-state index contributed by atoms with van der Waals surface area (Å²) in [5.41, 5.74) is 5.55. The molecule has 0 saturated heterocycles. The summed E-state index contributed by atoms with van der Waals surface area (Å²) in [7, 11) is 0. The molecule has 0 aliphatic heterocycles. The van der Waals surface area contributed by atoms with Crippen molar-refractivity contribution < 1.29 is 0 Å². The highest BCUT2D eigenvalue weighted by Crippen LogP contribution is 2.36. The third-order valence-electron chi connectivity index (χ3n) is 3.75. The van der Waals surface area contributed by atoms with Gasteiger partial charge in [0.1, 0.15) is 0 Å². The summed E-state index contributed by atoms with van der Waals surface area (Å²) in [5, 5.41) is 3.67. The first kappa shape index (κ1) is 13.8. The molecule has 0 N–H and O–H groups in total. The molecule has 0 aliphatic rings. The average molecular weight is 345 g/mol. The van der Waals surface area contributed by atoms with E-state index in [4.69, 9.17) is 0 Å². The molecule has 0 saturated carbocycles. The van der Waals surface area contributed by atoms with Crippen LogP contribution in [-0.2, 0) is 6.42 Å². The Balaban J connectivity index is 1.93. The number of hydrogen-bond donors (Lipinski definition) is 0. The number of aryl methyl sites for hydroxylation is 2. The maximum absolute atomic E-state index is 3.89. The molecule has 0 bridgehead atoms. The second kappa shape index (κ2) is 5.71. The smallest absolute Gasteiger partial charge is 0.0450 e. The van der Waals surface area contributed by atoms with Crippen LogP contribution in [0.4, 0.5) is 0 Å². The lowest BCUT2D eigenvalue weighted by atomic mass is 9.98. The Morgan fingerprint density at radius 1 is 1.10 bits per heavy atom. The number of thiophene rings is 1. The molecule has 3 rings (SSSR count). The molecule has 0 fully saturated rings. The van der Waals surface area contributed by atoms with Crippen LogP contribution < -0.4 is 0 Å². The SMILES string of the molecule is Cc1ccc(C)c(CC(Br)c2csc3ccccc23)c1. The highest BCUT2D eigenvalue weighted by molar-refractivity contribution is 9.09. The van der Waals surface area contributed by atoms with E-state index in [1.807, 2.05) is 11.3 Å². The molecule has 102 valence electrons. The second-order valence-electron chi connectivity index (χ2n) is 5.29. The largest absolute Gasteiger partial charge is 0.143 e. The van der Waals surface area contributed by atoms with Crippen LogP contribution in [0.2, 0.25) is 0 Å². The minimum Gasteiger partial charge on any atom is -0.143 e. The average Bonchev–Trinajstić information content (AvgIpc) is 2.87. The van der Waals surface area contributed by atoms with Gasteiger partial charge in [-0.25, -0.2) is 0 Å². The highest BCUT2D eigenvalue weighted by atomic mass is 79.9. The van der Waals surface area contributed by atoms with E-state index in [2.05, 4.69) is 77.6 Å². The van der Waals surface area contributed by atoms with Crippen molar-refractivity contribution in [2.75, 3.05) is 0 Å². The zero-order chi connectivity index (χ0) is 14.1. The molecular weight excluding hydrogens is 328 g/mol. The quantitative estimate of drug-likeness (QED) is 0.496. The van der Waals surface area contributed by atoms with E-state index >= 15 is 0 Å². The van der Waals surface area contributed by atoms with Crippen LogP contribution in [0.3, 0.4) is 0 Å². The van der Waals surface area contributed by atoms with E-state index in [9.17, 15) is 0 Å². The molecule has 0 amide bonds. The van der Waals surface area contributed by atoms with E-state index in [1.165, 1.54) is 32.3 Å². The van der Waals surface area contributed by atoms with Crippen LogP contribution in [0.15, 0.2) is 47.8 Å². The molecule has 1 aromatic heterocycles. The number of hydrogen-bond acceptors (Lipinski definition) is 1. The predicted molar refractivity (Wildman–Crippen MR) is 93.1 cm³/mol. The summed E-state index contributed by atoms with van der Waals surface area (Å²) >= 11 is 5.72. The highest BCUT2D eigenvalue weighted by Gasteiger charge is 2.14. The van der Waals surface area contributed by atoms with Crippen LogP contribution in [0.25, 0.3) is 10.1 Å². The monoisotopic (exact) mass is 344 g/mol. The van der Waals surface area contributed by atoms with Crippen molar-refractivity contribution >= 4 is 37.4 Å². The van der Waals surface area contributed by atoms with Crippen molar-refractivity contribution in [2.24, 2.45) is 0 Å². The van der Waals surface area contributed by atoms with E-state index in [0.29, 0.717) is 4.83 Å². The lowest BCUT2D eigenvalue weighted by Gasteiger charge is -2.12. The first-order chi connectivity index (χ1) is 9.65. The topological polar surface area (TPSA) is 0 Å². The van der Waals surface area contributed by atoms with Gasteiger partial charge in [-0.3, -0.25) is 0 Å². The molecule has 2 aromatic carbocycles. The Morgan fingerprint density at radius 2 is 1.90 bits per heavy atom. The first-order valence-electron chi connectivity index (χ1n) is 6.81. The van der Waals surface area contributed by atoms with Crippen molar-refractivity contribution in [3.8, 4) is 0 Å². The van der Waals surface area contributed by atoms with Crippen LogP contribution >= 0.6 is 27.3 Å². The summed E-state index contributed by atoms with van der Waals surface area (Å²) in [5.74, 6) is 0. The van der Waals surface area contributed by atoms with Gasteiger partial charge >= 0.3 is 0 Å². The maximum atomic E-state index is 3.89. The van der Waals surface area contributed by atoms with Gasteiger partial charge in [0.15, 0.2) is 0 Å². The van der Waals surface area contributed by atoms with Crippen LogP contribution in [0.5, 0.6) is 0 Å². The fourth-order valence-electron chi connectivity index (χ4n) is 2.56. The van der Waals surface area contributed by atoms with E-state index in [0.717, 1.165) is 6.42 Å². The molecule has 20 heavy (non-hydrogen) atoms. The van der Waals surface area contributed by atoms with E-state index in [1.54, 1.807) is 0 Å². The lowest BCUT2D eigenvalue weighted by molar-refractivity contribution is 0.948. The van der Waals surface area contributed by atoms with Gasteiger partial charge in [-0.15, -0.1) is 11.3 Å². The molecule has 1 heterocycles. The van der Waals surface area contributed by atoms with Gasteiger partial charge in [-0.1, -0.05) is 57.9 Å². The van der Waals surface area contributed by atoms with Crippen LogP contribution in [-0.4, -0.2) is 0 Å². The summed E-state index contributed by atoms with van der Waals surface area (Å²) in [4.78, 5) is 0.374. The van der Waals surface area contributed by atoms with Gasteiger partial charge in [0, 0.05) is 9.53 Å². The Bertz CT molecular complexity index is 742. The molecule has 0 radical (unpaired) electrons. The minimum absolute atomic E-state index is 0.374. The Morgan fingerprint density at radius 3 is 2.75 bits per heavy atom. The van der Waals surface area contributed by atoms with Crippen LogP contribution in [0.1, 0.15) is 27.1 Å². The van der Waals surface area contributed by atoms with Gasteiger partial charge in [-0.05, 0) is 53.8 Å². The Labute approximate surface area is 132 Å². The zero-order valence-corrected chi connectivity index (χ0v) is 14.1. The van der Waals surface area contributed by atoms with Gasteiger partial charge in [0.2, 0.25) is 0 Å². The molecule has 0 spiro atoms. The van der Waals surface area contributed by atoms with E-state index in [-0.39, 0.29) is 0 Å². The molecule has 2 heteroatoms. The molecule has 1 unspecified atom stereocenters. The van der Waals surface area contributed by atoms with Crippen LogP contribution in [0, 0.1) is 13.8 Å². The number of fused-ring (bicyclic) bond motifs is 1. The maximum Gasteiger partial charge on any atom is 0.0450 e. The fraction of sp³-hybridized carbons (Fsp3) is 0.222. The number of alkyl halides is 1. The molecule has 0 aliphatic carbocycles. The van der Waals surface area contributed by atoms with Gasteiger partial charge < -0.3 is 0 Å². The molecule has 1 atom stereocenters. The Kier molecular flexibility index (Phi) is 3.95. The van der Waals surface area contributed by atoms with E-state index < -0.39 is 0 Å². The number of halogens is 1. The zero-order valence-electron chi connectivity index (χ0n) is 11.7. The second-order valence-corrected chi connectivity index (χ2v) is 7.31.